The second kappa shape index (κ2) is 7.49. The summed E-state index contributed by atoms with van der Waals surface area (Å²) < 4.78 is 2.21. The van der Waals surface area contributed by atoms with E-state index < -0.39 is 0 Å². The molecule has 1 amide bonds. The van der Waals surface area contributed by atoms with E-state index in [1.165, 1.54) is 38.5 Å². The molecule has 1 aromatic heterocycles. The van der Waals surface area contributed by atoms with Gasteiger partial charge >= 0.3 is 0 Å². The number of carbonyl (C=O) groups excluding carboxylic acids is 1. The van der Waals surface area contributed by atoms with Gasteiger partial charge < -0.3 is 9.88 Å². The molecule has 1 atom stereocenters. The lowest BCUT2D eigenvalue weighted by atomic mass is 9.95. The van der Waals surface area contributed by atoms with Crippen molar-refractivity contribution in [3.63, 3.8) is 0 Å². The van der Waals surface area contributed by atoms with Crippen molar-refractivity contribution in [2.24, 2.45) is 0 Å². The van der Waals surface area contributed by atoms with E-state index in [0.717, 1.165) is 36.8 Å². The molecule has 1 fully saturated rings. The standard InChI is InChI=1S/C16H26N4OS/c1-12(15(21)17-13-8-4-2-5-9-13)22-16-19-18-14-10-6-3-7-11-20(14)16/h12-13H,2-11H2,1H3,(H,17,21). The zero-order valence-electron chi connectivity index (χ0n) is 13.4. The van der Waals surface area contributed by atoms with Crippen molar-refractivity contribution in [2.75, 3.05) is 0 Å². The quantitative estimate of drug-likeness (QED) is 0.866. The van der Waals surface area contributed by atoms with Crippen molar-refractivity contribution in [2.45, 2.75) is 87.7 Å². The molecule has 1 aliphatic carbocycles. The van der Waals surface area contributed by atoms with Crippen LogP contribution in [0, 0.1) is 0 Å². The Hall–Kier alpha value is -1.04. The highest BCUT2D eigenvalue weighted by molar-refractivity contribution is 8.00. The van der Waals surface area contributed by atoms with E-state index in [9.17, 15) is 4.79 Å². The Bertz CT molecular complexity index is 510. The molecule has 2 heterocycles. The van der Waals surface area contributed by atoms with Gasteiger partial charge in [-0.05, 0) is 32.6 Å². The number of fused-ring (bicyclic) bond motifs is 1. The molecule has 1 saturated carbocycles. The molecule has 1 aliphatic heterocycles. The third-order valence-electron chi connectivity index (χ3n) is 4.68. The van der Waals surface area contributed by atoms with Crippen LogP contribution in [0.3, 0.4) is 0 Å². The minimum absolute atomic E-state index is 0.113. The number of rotatable bonds is 4. The molecule has 1 N–H and O–H groups in total. The highest BCUT2D eigenvalue weighted by atomic mass is 32.2. The molecule has 0 saturated heterocycles. The predicted octanol–water partition coefficient (Wildman–Crippen LogP) is 2.93. The van der Waals surface area contributed by atoms with Gasteiger partial charge in [0, 0.05) is 19.0 Å². The van der Waals surface area contributed by atoms with Gasteiger partial charge in [0.1, 0.15) is 5.82 Å². The van der Waals surface area contributed by atoms with Crippen LogP contribution in [0.2, 0.25) is 0 Å². The lowest BCUT2D eigenvalue weighted by Gasteiger charge is -2.24. The van der Waals surface area contributed by atoms with Crippen LogP contribution >= 0.6 is 11.8 Å². The molecule has 3 rings (SSSR count). The number of thioether (sulfide) groups is 1. The van der Waals surface area contributed by atoms with Crippen molar-refractivity contribution in [3.8, 4) is 0 Å². The number of hydrogen-bond acceptors (Lipinski definition) is 4. The fourth-order valence-electron chi connectivity index (χ4n) is 3.32. The largest absolute Gasteiger partial charge is 0.352 e. The summed E-state index contributed by atoms with van der Waals surface area (Å²) in [5.41, 5.74) is 0. The highest BCUT2D eigenvalue weighted by Crippen LogP contribution is 2.26. The van der Waals surface area contributed by atoms with Crippen molar-refractivity contribution in [3.05, 3.63) is 5.82 Å². The number of amides is 1. The van der Waals surface area contributed by atoms with E-state index in [2.05, 4.69) is 20.1 Å². The third-order valence-corrected chi connectivity index (χ3v) is 5.76. The van der Waals surface area contributed by atoms with Crippen molar-refractivity contribution < 1.29 is 4.79 Å². The maximum Gasteiger partial charge on any atom is 0.233 e. The monoisotopic (exact) mass is 322 g/mol. The van der Waals surface area contributed by atoms with E-state index in [1.54, 1.807) is 11.8 Å². The van der Waals surface area contributed by atoms with Crippen LogP contribution in [0.25, 0.3) is 0 Å². The van der Waals surface area contributed by atoms with Crippen molar-refractivity contribution in [1.82, 2.24) is 20.1 Å². The fraction of sp³-hybridized carbons (Fsp3) is 0.812. The minimum atomic E-state index is -0.113. The molecular formula is C16H26N4OS. The number of aromatic nitrogens is 3. The normalized spacial score (nSPS) is 21.0. The van der Waals surface area contributed by atoms with Crippen LogP contribution in [0.1, 0.15) is 64.1 Å². The number of nitrogens with zero attached hydrogens (tertiary/aromatic N) is 3. The number of nitrogens with one attached hydrogen (secondary N) is 1. The molecule has 22 heavy (non-hydrogen) atoms. The van der Waals surface area contributed by atoms with Crippen LogP contribution in [-0.4, -0.2) is 32.0 Å². The summed E-state index contributed by atoms with van der Waals surface area (Å²) >= 11 is 1.55. The van der Waals surface area contributed by atoms with Gasteiger partial charge in [-0.2, -0.15) is 0 Å². The number of carbonyl (C=O) groups is 1. The SMILES string of the molecule is CC(Sc1nnc2n1CCCCC2)C(=O)NC1CCCCC1. The minimum Gasteiger partial charge on any atom is -0.352 e. The summed E-state index contributed by atoms with van der Waals surface area (Å²) in [4.78, 5) is 12.4. The van der Waals surface area contributed by atoms with E-state index in [1.807, 2.05) is 6.92 Å². The fourth-order valence-corrected chi connectivity index (χ4v) is 4.23. The first-order chi connectivity index (χ1) is 10.7. The highest BCUT2D eigenvalue weighted by Gasteiger charge is 2.23. The van der Waals surface area contributed by atoms with Gasteiger partial charge in [-0.25, -0.2) is 0 Å². The molecule has 1 aromatic rings. The van der Waals surface area contributed by atoms with E-state index in [-0.39, 0.29) is 11.2 Å². The predicted molar refractivity (Wildman–Crippen MR) is 87.9 cm³/mol. The third kappa shape index (κ3) is 3.83. The van der Waals surface area contributed by atoms with E-state index in [4.69, 9.17) is 0 Å². The van der Waals surface area contributed by atoms with Gasteiger partial charge in [0.2, 0.25) is 5.91 Å². The maximum atomic E-state index is 12.4. The van der Waals surface area contributed by atoms with Crippen LogP contribution in [0.5, 0.6) is 0 Å². The Balaban J connectivity index is 1.57. The summed E-state index contributed by atoms with van der Waals surface area (Å²) in [5, 5.41) is 12.6. The first kappa shape index (κ1) is 15.8. The second-order valence-electron chi connectivity index (χ2n) is 6.46. The topological polar surface area (TPSA) is 59.8 Å². The van der Waals surface area contributed by atoms with Crippen molar-refractivity contribution in [1.29, 1.82) is 0 Å². The molecular weight excluding hydrogens is 296 g/mol. The Kier molecular flexibility index (Phi) is 5.39. The molecule has 122 valence electrons. The Labute approximate surface area is 136 Å². The molecule has 1 unspecified atom stereocenters. The lowest BCUT2D eigenvalue weighted by molar-refractivity contribution is -0.121. The Morgan fingerprint density at radius 2 is 1.95 bits per heavy atom. The molecule has 0 spiro atoms. The zero-order chi connectivity index (χ0) is 15.4. The first-order valence-corrected chi connectivity index (χ1v) is 9.51. The molecule has 2 aliphatic rings. The Morgan fingerprint density at radius 3 is 2.77 bits per heavy atom. The number of hydrogen-bond donors (Lipinski definition) is 1. The van der Waals surface area contributed by atoms with Gasteiger partial charge in [-0.1, -0.05) is 37.4 Å². The van der Waals surface area contributed by atoms with Crippen molar-refractivity contribution >= 4 is 17.7 Å². The first-order valence-electron chi connectivity index (χ1n) is 8.63. The molecule has 5 nitrogen and oxygen atoms in total. The smallest absolute Gasteiger partial charge is 0.233 e. The van der Waals surface area contributed by atoms with Gasteiger partial charge in [0.15, 0.2) is 5.16 Å². The van der Waals surface area contributed by atoms with E-state index in [0.29, 0.717) is 6.04 Å². The van der Waals surface area contributed by atoms with Gasteiger partial charge in [-0.3, -0.25) is 4.79 Å². The van der Waals surface area contributed by atoms with E-state index >= 15 is 0 Å². The molecule has 0 bridgehead atoms. The van der Waals surface area contributed by atoms with Crippen LogP contribution in [0.15, 0.2) is 5.16 Å². The molecule has 0 radical (unpaired) electrons. The average Bonchev–Trinajstić information content (AvgIpc) is 2.76. The molecule has 0 aromatic carbocycles. The number of aryl methyl sites for hydroxylation is 1. The summed E-state index contributed by atoms with van der Waals surface area (Å²) in [6.45, 7) is 2.96. The Morgan fingerprint density at radius 1 is 1.18 bits per heavy atom. The van der Waals surface area contributed by atoms with Crippen LogP contribution < -0.4 is 5.32 Å². The zero-order valence-corrected chi connectivity index (χ0v) is 14.2. The lowest BCUT2D eigenvalue weighted by Crippen LogP contribution is -2.40. The summed E-state index contributed by atoms with van der Waals surface area (Å²) in [6.07, 6.45) is 10.7. The summed E-state index contributed by atoms with van der Waals surface area (Å²) in [5.74, 6) is 1.22. The van der Waals surface area contributed by atoms with Crippen LogP contribution in [-0.2, 0) is 17.8 Å². The van der Waals surface area contributed by atoms with Gasteiger partial charge in [0.25, 0.3) is 0 Å². The second-order valence-corrected chi connectivity index (χ2v) is 7.77. The van der Waals surface area contributed by atoms with Gasteiger partial charge in [-0.15, -0.1) is 10.2 Å². The van der Waals surface area contributed by atoms with Gasteiger partial charge in [0.05, 0.1) is 5.25 Å². The summed E-state index contributed by atoms with van der Waals surface area (Å²) in [7, 11) is 0. The average molecular weight is 322 g/mol. The molecule has 6 heteroatoms. The maximum absolute atomic E-state index is 12.4. The van der Waals surface area contributed by atoms with Crippen LogP contribution in [0.4, 0.5) is 0 Å². The summed E-state index contributed by atoms with van der Waals surface area (Å²) in [6, 6.07) is 0.375.